The Hall–Kier alpha value is -2.01. The van der Waals surface area contributed by atoms with Crippen molar-refractivity contribution in [1.29, 1.82) is 0 Å². The molecule has 0 saturated heterocycles. The molecule has 2 aromatic rings. The fourth-order valence-electron chi connectivity index (χ4n) is 2.03. The maximum absolute atomic E-state index is 5.89. The molecule has 1 aromatic carbocycles. The fraction of sp³-hybridized carbons (Fsp3) is 0.438. The summed E-state index contributed by atoms with van der Waals surface area (Å²) in [5, 5.41) is 3.38. The minimum Gasteiger partial charge on any atom is -0.493 e. The summed E-state index contributed by atoms with van der Waals surface area (Å²) < 4.78 is 13.2. The van der Waals surface area contributed by atoms with Crippen LogP contribution in [0.2, 0.25) is 0 Å². The molecule has 5 nitrogen and oxygen atoms in total. The summed E-state index contributed by atoms with van der Waals surface area (Å²) in [5.41, 5.74) is 2.20. The van der Waals surface area contributed by atoms with Crippen LogP contribution >= 0.6 is 0 Å². The van der Waals surface area contributed by atoms with Crippen LogP contribution in [-0.4, -0.2) is 23.2 Å². The van der Waals surface area contributed by atoms with Crippen molar-refractivity contribution in [2.45, 2.75) is 26.5 Å². The van der Waals surface area contributed by atoms with E-state index >= 15 is 0 Å². The molecule has 0 aliphatic heterocycles. The lowest BCUT2D eigenvalue weighted by Crippen LogP contribution is -2.13. The third-order valence-corrected chi connectivity index (χ3v) is 3.28. The highest BCUT2D eigenvalue weighted by Crippen LogP contribution is 2.28. The van der Waals surface area contributed by atoms with Gasteiger partial charge in [0.2, 0.25) is 0 Å². The monoisotopic (exact) mass is 289 g/mol. The van der Waals surface area contributed by atoms with Gasteiger partial charge < -0.3 is 19.4 Å². The topological polar surface area (TPSA) is 48.3 Å². The van der Waals surface area contributed by atoms with E-state index in [1.807, 2.05) is 23.7 Å². The van der Waals surface area contributed by atoms with Crippen molar-refractivity contribution in [3.05, 3.63) is 42.0 Å². The zero-order chi connectivity index (χ0) is 15.1. The Morgan fingerprint density at radius 2 is 2.14 bits per heavy atom. The molecule has 0 radical (unpaired) electrons. The number of imidazole rings is 1. The second-order valence-corrected chi connectivity index (χ2v) is 4.95. The zero-order valence-corrected chi connectivity index (χ0v) is 12.9. The van der Waals surface area contributed by atoms with Crippen LogP contribution in [-0.2, 0) is 20.2 Å². The minimum absolute atomic E-state index is 0.471. The quantitative estimate of drug-likeness (QED) is 0.759. The third-order valence-electron chi connectivity index (χ3n) is 3.28. The molecular formula is C16H23N3O2. The average Bonchev–Trinajstić information content (AvgIpc) is 2.91. The molecule has 0 saturated carbocycles. The molecule has 1 N–H and O–H groups in total. The Morgan fingerprint density at radius 3 is 2.81 bits per heavy atom. The molecule has 114 valence electrons. The number of hydrogen-bond donors (Lipinski definition) is 1. The van der Waals surface area contributed by atoms with Crippen LogP contribution in [0.4, 0.5) is 0 Å². The third kappa shape index (κ3) is 4.23. The largest absolute Gasteiger partial charge is 0.493 e. The number of ether oxygens (including phenoxy) is 2. The molecule has 0 aliphatic carbocycles. The number of hydrogen-bond acceptors (Lipinski definition) is 4. The van der Waals surface area contributed by atoms with Crippen LogP contribution in [0.1, 0.15) is 24.6 Å². The summed E-state index contributed by atoms with van der Waals surface area (Å²) in [4.78, 5) is 4.09. The van der Waals surface area contributed by atoms with E-state index in [0.29, 0.717) is 6.61 Å². The standard InChI is InChI=1S/C16H23N3O2/c1-4-7-17-9-13-5-6-15(20-3)16(8-13)21-11-14-10-18-12-19(14)2/h5-6,8,10,12,17H,4,7,9,11H2,1-3H3. The molecular weight excluding hydrogens is 266 g/mol. The van der Waals surface area contributed by atoms with Gasteiger partial charge in [-0.05, 0) is 30.7 Å². The molecule has 5 heteroatoms. The smallest absolute Gasteiger partial charge is 0.162 e. The van der Waals surface area contributed by atoms with Crippen LogP contribution < -0.4 is 14.8 Å². The van der Waals surface area contributed by atoms with Gasteiger partial charge in [0.25, 0.3) is 0 Å². The SMILES string of the molecule is CCCNCc1ccc(OC)c(OCc2cncn2C)c1. The number of methoxy groups -OCH3 is 1. The van der Waals surface area contributed by atoms with Gasteiger partial charge >= 0.3 is 0 Å². The number of nitrogens with one attached hydrogen (secondary N) is 1. The molecule has 1 heterocycles. The second-order valence-electron chi connectivity index (χ2n) is 4.95. The summed E-state index contributed by atoms with van der Waals surface area (Å²) in [6, 6.07) is 6.03. The number of aryl methyl sites for hydroxylation is 1. The maximum Gasteiger partial charge on any atom is 0.162 e. The summed E-state index contributed by atoms with van der Waals surface area (Å²) in [6.45, 7) is 4.47. The molecule has 2 rings (SSSR count). The summed E-state index contributed by atoms with van der Waals surface area (Å²) in [5.74, 6) is 1.51. The Morgan fingerprint density at radius 1 is 1.29 bits per heavy atom. The van der Waals surface area contributed by atoms with Gasteiger partial charge in [0, 0.05) is 13.6 Å². The zero-order valence-electron chi connectivity index (χ0n) is 12.9. The highest BCUT2D eigenvalue weighted by molar-refractivity contribution is 5.43. The van der Waals surface area contributed by atoms with Crippen LogP contribution in [0, 0.1) is 0 Å². The molecule has 0 atom stereocenters. The average molecular weight is 289 g/mol. The molecule has 0 spiro atoms. The van der Waals surface area contributed by atoms with Gasteiger partial charge in [-0.2, -0.15) is 0 Å². The van der Waals surface area contributed by atoms with Crippen molar-refractivity contribution >= 4 is 0 Å². The molecule has 0 aliphatic rings. The predicted octanol–water partition coefficient (Wildman–Crippen LogP) is 2.51. The summed E-state index contributed by atoms with van der Waals surface area (Å²) in [7, 11) is 3.61. The van der Waals surface area contributed by atoms with Crippen LogP contribution in [0.25, 0.3) is 0 Å². The van der Waals surface area contributed by atoms with Crippen LogP contribution in [0.5, 0.6) is 11.5 Å². The van der Waals surface area contributed by atoms with Gasteiger partial charge in [-0.3, -0.25) is 0 Å². The van der Waals surface area contributed by atoms with Gasteiger partial charge in [0.05, 0.1) is 25.3 Å². The molecule has 0 unspecified atom stereocenters. The van der Waals surface area contributed by atoms with E-state index in [9.17, 15) is 0 Å². The summed E-state index contributed by atoms with van der Waals surface area (Å²) in [6.07, 6.45) is 4.69. The Labute approximate surface area is 125 Å². The van der Waals surface area contributed by atoms with E-state index in [0.717, 1.165) is 36.7 Å². The molecule has 0 amide bonds. The van der Waals surface area contributed by atoms with Crippen molar-refractivity contribution in [2.75, 3.05) is 13.7 Å². The van der Waals surface area contributed by atoms with Crippen molar-refractivity contribution < 1.29 is 9.47 Å². The highest BCUT2D eigenvalue weighted by Gasteiger charge is 2.07. The first-order chi connectivity index (χ1) is 10.2. The van der Waals surface area contributed by atoms with E-state index in [1.165, 1.54) is 5.56 Å². The first kappa shape index (κ1) is 15.4. The van der Waals surface area contributed by atoms with E-state index in [1.54, 1.807) is 19.6 Å². The summed E-state index contributed by atoms with van der Waals surface area (Å²) >= 11 is 0. The molecule has 21 heavy (non-hydrogen) atoms. The van der Waals surface area contributed by atoms with E-state index in [2.05, 4.69) is 23.3 Å². The van der Waals surface area contributed by atoms with Crippen LogP contribution in [0.3, 0.4) is 0 Å². The van der Waals surface area contributed by atoms with Gasteiger partial charge in [-0.25, -0.2) is 4.98 Å². The maximum atomic E-state index is 5.89. The lowest BCUT2D eigenvalue weighted by atomic mass is 10.2. The van der Waals surface area contributed by atoms with Crippen LogP contribution in [0.15, 0.2) is 30.7 Å². The van der Waals surface area contributed by atoms with Crippen molar-refractivity contribution in [1.82, 2.24) is 14.9 Å². The normalized spacial score (nSPS) is 10.6. The lowest BCUT2D eigenvalue weighted by molar-refractivity contribution is 0.277. The van der Waals surface area contributed by atoms with Gasteiger partial charge in [0.1, 0.15) is 6.61 Å². The molecule has 0 bridgehead atoms. The van der Waals surface area contributed by atoms with Crippen molar-refractivity contribution in [3.63, 3.8) is 0 Å². The minimum atomic E-state index is 0.471. The van der Waals surface area contributed by atoms with Crippen molar-refractivity contribution in [2.24, 2.45) is 7.05 Å². The van der Waals surface area contributed by atoms with Crippen molar-refractivity contribution in [3.8, 4) is 11.5 Å². The van der Waals surface area contributed by atoms with E-state index in [4.69, 9.17) is 9.47 Å². The second kappa shape index (κ2) is 7.69. The first-order valence-electron chi connectivity index (χ1n) is 7.20. The Balaban J connectivity index is 2.05. The first-order valence-corrected chi connectivity index (χ1v) is 7.20. The van der Waals surface area contributed by atoms with E-state index < -0.39 is 0 Å². The van der Waals surface area contributed by atoms with Gasteiger partial charge in [0.15, 0.2) is 11.5 Å². The number of nitrogens with zero attached hydrogens (tertiary/aromatic N) is 2. The Kier molecular flexibility index (Phi) is 5.63. The predicted molar refractivity (Wildman–Crippen MR) is 82.5 cm³/mol. The lowest BCUT2D eigenvalue weighted by Gasteiger charge is -2.13. The number of aromatic nitrogens is 2. The Bertz CT molecular complexity index is 566. The highest BCUT2D eigenvalue weighted by atomic mass is 16.5. The fourth-order valence-corrected chi connectivity index (χ4v) is 2.03. The van der Waals surface area contributed by atoms with E-state index in [-0.39, 0.29) is 0 Å². The molecule has 0 fully saturated rings. The van der Waals surface area contributed by atoms with Gasteiger partial charge in [-0.1, -0.05) is 13.0 Å². The van der Waals surface area contributed by atoms with Gasteiger partial charge in [-0.15, -0.1) is 0 Å². The molecule has 1 aromatic heterocycles. The number of benzene rings is 1. The number of rotatable bonds is 8.